The summed E-state index contributed by atoms with van der Waals surface area (Å²) < 4.78 is 23.3. The number of primary sulfonamides is 1. The zero-order chi connectivity index (χ0) is 21.1. The van der Waals surface area contributed by atoms with E-state index in [1.807, 2.05) is 18.2 Å². The number of aromatic nitrogens is 2. The van der Waals surface area contributed by atoms with Crippen LogP contribution in [0.3, 0.4) is 0 Å². The van der Waals surface area contributed by atoms with Gasteiger partial charge in [0.05, 0.1) is 16.3 Å². The summed E-state index contributed by atoms with van der Waals surface area (Å²) in [5.41, 5.74) is 3.22. The number of rotatable bonds is 7. The topological polar surface area (TPSA) is 115 Å². The molecule has 9 heteroatoms. The van der Waals surface area contributed by atoms with E-state index in [0.717, 1.165) is 30.5 Å². The number of nitrogens with one attached hydrogen (secondary N) is 1. The molecule has 0 bridgehead atoms. The van der Waals surface area contributed by atoms with Gasteiger partial charge < -0.3 is 5.32 Å². The zero-order valence-corrected chi connectivity index (χ0v) is 17.7. The van der Waals surface area contributed by atoms with Crippen LogP contribution in [0.5, 0.6) is 0 Å². The number of sulfonamides is 1. The molecule has 0 unspecified atom stereocenters. The molecule has 7 nitrogen and oxygen atoms in total. The fraction of sp³-hybridized carbons (Fsp3) is 0.190. The van der Waals surface area contributed by atoms with Gasteiger partial charge in [-0.05, 0) is 37.5 Å². The molecule has 0 aliphatic heterocycles. The van der Waals surface area contributed by atoms with Gasteiger partial charge in [0.2, 0.25) is 10.0 Å². The van der Waals surface area contributed by atoms with Crippen LogP contribution in [0.1, 0.15) is 28.0 Å². The minimum absolute atomic E-state index is 0.0139. The summed E-state index contributed by atoms with van der Waals surface area (Å²) in [6.07, 6.45) is 2.68. The minimum Gasteiger partial charge on any atom is -0.340 e. The number of anilines is 2. The number of carbonyl (C=O) groups excluding carboxylic acids is 1. The summed E-state index contributed by atoms with van der Waals surface area (Å²) in [5, 5.41) is 8.96. The molecule has 1 aliphatic carbocycles. The van der Waals surface area contributed by atoms with Crippen LogP contribution in [0.4, 0.5) is 11.5 Å². The van der Waals surface area contributed by atoms with E-state index in [2.05, 4.69) is 15.3 Å². The number of thioether (sulfide) groups is 1. The molecule has 3 N–H and O–H groups in total. The first-order valence-electron chi connectivity index (χ1n) is 9.41. The number of carbonyl (C=O) groups is 1. The van der Waals surface area contributed by atoms with Gasteiger partial charge in [0.1, 0.15) is 5.82 Å². The van der Waals surface area contributed by atoms with Gasteiger partial charge >= 0.3 is 0 Å². The maximum absolute atomic E-state index is 12.4. The largest absolute Gasteiger partial charge is 0.340 e. The quantitative estimate of drug-likeness (QED) is 0.329. The third kappa shape index (κ3) is 4.69. The standard InChI is InChI=1S/C21H20N4O3S2/c22-30(27,28)16-9-4-8-15(12-16)23-20-17-10-5-11-18(17)24-21(25-20)29-13-19(26)14-6-2-1-3-7-14/h1-4,6-9,12H,5,10-11,13H2,(H2,22,27,28)(H,23,24,25). The Labute approximate surface area is 179 Å². The number of benzene rings is 2. The second kappa shape index (κ2) is 8.55. The van der Waals surface area contributed by atoms with Gasteiger partial charge in [-0.3, -0.25) is 4.79 Å². The fourth-order valence-electron chi connectivity index (χ4n) is 3.30. The molecule has 154 valence electrons. The maximum atomic E-state index is 12.4. The average molecular weight is 441 g/mol. The minimum atomic E-state index is -3.80. The summed E-state index contributed by atoms with van der Waals surface area (Å²) in [6.45, 7) is 0. The van der Waals surface area contributed by atoms with Crippen molar-refractivity contribution in [3.63, 3.8) is 0 Å². The van der Waals surface area contributed by atoms with Gasteiger partial charge in [0.25, 0.3) is 0 Å². The van der Waals surface area contributed by atoms with Gasteiger partial charge in [-0.25, -0.2) is 23.5 Å². The number of fused-ring (bicyclic) bond motifs is 1. The van der Waals surface area contributed by atoms with Gasteiger partial charge in [-0.1, -0.05) is 48.2 Å². The number of ketones is 1. The Morgan fingerprint density at radius 1 is 1.07 bits per heavy atom. The Bertz CT molecular complexity index is 1200. The molecule has 0 fully saturated rings. The van der Waals surface area contributed by atoms with Crippen molar-refractivity contribution in [2.75, 3.05) is 11.1 Å². The van der Waals surface area contributed by atoms with Crippen LogP contribution in [0, 0.1) is 0 Å². The zero-order valence-electron chi connectivity index (χ0n) is 16.0. The Balaban J connectivity index is 1.57. The summed E-state index contributed by atoms with van der Waals surface area (Å²) in [6, 6.07) is 15.4. The van der Waals surface area contributed by atoms with Crippen LogP contribution in [0.2, 0.25) is 0 Å². The van der Waals surface area contributed by atoms with Gasteiger partial charge in [-0.15, -0.1) is 0 Å². The Hall–Kier alpha value is -2.75. The van der Waals surface area contributed by atoms with E-state index < -0.39 is 10.0 Å². The molecule has 0 spiro atoms. The van der Waals surface area contributed by atoms with Crippen molar-refractivity contribution in [2.24, 2.45) is 5.14 Å². The first-order valence-corrected chi connectivity index (χ1v) is 11.9. The van der Waals surface area contributed by atoms with Crippen molar-refractivity contribution in [1.82, 2.24) is 9.97 Å². The molecule has 0 saturated carbocycles. The molecule has 1 aromatic heterocycles. The van der Waals surface area contributed by atoms with Gasteiger partial charge in [-0.2, -0.15) is 0 Å². The highest BCUT2D eigenvalue weighted by Crippen LogP contribution is 2.31. The van der Waals surface area contributed by atoms with E-state index in [1.54, 1.807) is 24.3 Å². The lowest BCUT2D eigenvalue weighted by Crippen LogP contribution is -2.12. The summed E-state index contributed by atoms with van der Waals surface area (Å²) in [4.78, 5) is 21.7. The monoisotopic (exact) mass is 440 g/mol. The van der Waals surface area contributed by atoms with Crippen molar-refractivity contribution in [3.8, 4) is 0 Å². The molecule has 1 aliphatic rings. The Kier molecular flexibility index (Phi) is 5.85. The van der Waals surface area contributed by atoms with Crippen molar-refractivity contribution in [1.29, 1.82) is 0 Å². The highest BCUT2D eigenvalue weighted by molar-refractivity contribution is 7.99. The van der Waals surface area contributed by atoms with Gasteiger partial charge in [0, 0.05) is 16.8 Å². The second-order valence-electron chi connectivity index (χ2n) is 6.91. The lowest BCUT2D eigenvalue weighted by molar-refractivity contribution is 0.102. The van der Waals surface area contributed by atoms with Crippen LogP contribution >= 0.6 is 11.8 Å². The normalized spacial score (nSPS) is 13.1. The van der Waals surface area contributed by atoms with Crippen molar-refractivity contribution in [3.05, 3.63) is 71.4 Å². The number of aryl methyl sites for hydroxylation is 1. The molecule has 3 aromatic rings. The highest BCUT2D eigenvalue weighted by atomic mass is 32.2. The van der Waals surface area contributed by atoms with Gasteiger partial charge in [0.15, 0.2) is 10.9 Å². The fourth-order valence-corrected chi connectivity index (χ4v) is 4.62. The van der Waals surface area contributed by atoms with E-state index in [0.29, 0.717) is 22.2 Å². The van der Waals surface area contributed by atoms with Crippen LogP contribution in [0.15, 0.2) is 64.6 Å². The molecule has 4 rings (SSSR count). The molecule has 1 heterocycles. The number of hydrogen-bond acceptors (Lipinski definition) is 7. The molecule has 0 saturated heterocycles. The Morgan fingerprint density at radius 3 is 2.63 bits per heavy atom. The molecule has 2 aromatic carbocycles. The van der Waals surface area contributed by atoms with Crippen molar-refractivity contribution < 1.29 is 13.2 Å². The molecular weight excluding hydrogens is 420 g/mol. The first kappa shape index (κ1) is 20.5. The highest BCUT2D eigenvalue weighted by Gasteiger charge is 2.20. The second-order valence-corrected chi connectivity index (χ2v) is 9.41. The van der Waals surface area contributed by atoms with E-state index in [4.69, 9.17) is 5.14 Å². The van der Waals surface area contributed by atoms with Crippen molar-refractivity contribution >= 4 is 39.1 Å². The Morgan fingerprint density at radius 2 is 1.87 bits per heavy atom. The van der Waals surface area contributed by atoms with Crippen LogP contribution in [0.25, 0.3) is 0 Å². The lowest BCUT2D eigenvalue weighted by Gasteiger charge is -2.12. The number of nitrogens with two attached hydrogens (primary N) is 1. The number of nitrogens with zero attached hydrogens (tertiary/aromatic N) is 2. The molecule has 0 radical (unpaired) electrons. The molecule has 0 amide bonds. The smallest absolute Gasteiger partial charge is 0.238 e. The van der Waals surface area contributed by atoms with Crippen LogP contribution in [-0.2, 0) is 22.9 Å². The predicted molar refractivity (Wildman–Crippen MR) is 117 cm³/mol. The molecular formula is C21H20N4O3S2. The number of hydrogen-bond donors (Lipinski definition) is 2. The SMILES string of the molecule is NS(=O)(=O)c1cccc(Nc2nc(SCC(=O)c3ccccc3)nc3c2CCC3)c1. The van der Waals surface area contributed by atoms with E-state index in [-0.39, 0.29) is 16.4 Å². The summed E-state index contributed by atoms with van der Waals surface area (Å²) in [7, 11) is -3.80. The molecule has 0 atom stereocenters. The van der Waals surface area contributed by atoms with Crippen molar-refractivity contribution in [2.45, 2.75) is 29.3 Å². The maximum Gasteiger partial charge on any atom is 0.238 e. The van der Waals surface area contributed by atoms with Crippen LogP contribution in [-0.4, -0.2) is 29.9 Å². The molecule has 30 heavy (non-hydrogen) atoms. The first-order chi connectivity index (χ1) is 14.4. The van der Waals surface area contributed by atoms with E-state index in [9.17, 15) is 13.2 Å². The third-order valence-electron chi connectivity index (χ3n) is 4.77. The van der Waals surface area contributed by atoms with E-state index >= 15 is 0 Å². The summed E-state index contributed by atoms with van der Waals surface area (Å²) >= 11 is 1.29. The third-order valence-corrected chi connectivity index (χ3v) is 6.52. The predicted octanol–water partition coefficient (Wildman–Crippen LogP) is 3.33. The van der Waals surface area contributed by atoms with Crippen LogP contribution < -0.4 is 10.5 Å². The number of Topliss-reactive ketones (excluding diaryl/α,β-unsaturated/α-hetero) is 1. The lowest BCUT2D eigenvalue weighted by atomic mass is 10.2. The summed E-state index contributed by atoms with van der Waals surface area (Å²) in [5.74, 6) is 0.891. The van der Waals surface area contributed by atoms with E-state index in [1.165, 1.54) is 23.9 Å². The average Bonchev–Trinajstić information content (AvgIpc) is 3.21.